The Hall–Kier alpha value is -3.75. The number of methoxy groups -OCH3 is 1. The van der Waals surface area contributed by atoms with E-state index in [1.807, 2.05) is 84.4 Å². The number of para-hydroxylation sites is 1. The Labute approximate surface area is 203 Å². The summed E-state index contributed by atoms with van der Waals surface area (Å²) in [5.41, 5.74) is 3.23. The fraction of sp³-hybridized carbons (Fsp3) is 0.115. The Kier molecular flexibility index (Phi) is 6.00. The molecule has 1 atom stereocenters. The Morgan fingerprint density at radius 1 is 1.15 bits per heavy atom. The third-order valence-corrected chi connectivity index (χ3v) is 7.23. The van der Waals surface area contributed by atoms with E-state index >= 15 is 0 Å². The smallest absolute Gasteiger partial charge is 0.271 e. The molecule has 0 saturated heterocycles. The van der Waals surface area contributed by atoms with Gasteiger partial charge < -0.3 is 10.1 Å². The maximum atomic E-state index is 13.6. The molecule has 1 aliphatic rings. The van der Waals surface area contributed by atoms with Crippen molar-refractivity contribution >= 4 is 40.3 Å². The van der Waals surface area contributed by atoms with E-state index in [1.165, 1.54) is 11.3 Å². The summed E-state index contributed by atoms with van der Waals surface area (Å²) >= 11 is 2.90. The lowest BCUT2D eigenvalue weighted by Crippen LogP contribution is -2.40. The van der Waals surface area contributed by atoms with Crippen LogP contribution in [0.1, 0.15) is 24.1 Å². The first-order valence-corrected chi connectivity index (χ1v) is 12.4. The fourth-order valence-corrected chi connectivity index (χ4v) is 5.63. The molecule has 0 unspecified atom stereocenters. The van der Waals surface area contributed by atoms with E-state index in [9.17, 15) is 9.59 Å². The van der Waals surface area contributed by atoms with Gasteiger partial charge in [-0.3, -0.25) is 14.2 Å². The average molecular weight is 488 g/mol. The van der Waals surface area contributed by atoms with Crippen LogP contribution in [0.4, 0.5) is 5.69 Å². The minimum atomic E-state index is -0.639. The molecule has 0 spiro atoms. The zero-order valence-electron chi connectivity index (χ0n) is 18.5. The number of carbonyl (C=O) groups excluding carboxylic acids is 1. The second-order valence-corrected chi connectivity index (χ2v) is 9.52. The van der Waals surface area contributed by atoms with Crippen LogP contribution in [0.5, 0.6) is 5.75 Å². The summed E-state index contributed by atoms with van der Waals surface area (Å²) in [4.78, 5) is 32.4. The van der Waals surface area contributed by atoms with E-state index in [0.29, 0.717) is 32.0 Å². The van der Waals surface area contributed by atoms with Gasteiger partial charge in [-0.25, -0.2) is 4.99 Å². The number of anilines is 1. The number of hydrogen-bond acceptors (Lipinski definition) is 6. The molecule has 8 heteroatoms. The minimum Gasteiger partial charge on any atom is -0.497 e. The number of thiazole rings is 1. The fourth-order valence-electron chi connectivity index (χ4n) is 3.97. The van der Waals surface area contributed by atoms with Gasteiger partial charge in [0, 0.05) is 5.69 Å². The van der Waals surface area contributed by atoms with E-state index in [1.54, 1.807) is 23.0 Å². The molecule has 0 saturated carbocycles. The molecule has 2 aromatic carbocycles. The van der Waals surface area contributed by atoms with Gasteiger partial charge >= 0.3 is 0 Å². The van der Waals surface area contributed by atoms with Crippen LogP contribution in [0.15, 0.2) is 92.5 Å². The molecular weight excluding hydrogens is 466 g/mol. The van der Waals surface area contributed by atoms with Crippen molar-refractivity contribution in [1.82, 2.24) is 4.57 Å². The first-order chi connectivity index (χ1) is 16.5. The summed E-state index contributed by atoms with van der Waals surface area (Å²) in [6.07, 6.45) is 1.87. The molecule has 3 heterocycles. The molecule has 4 aromatic rings. The van der Waals surface area contributed by atoms with E-state index in [4.69, 9.17) is 4.74 Å². The maximum absolute atomic E-state index is 13.6. The van der Waals surface area contributed by atoms with Crippen molar-refractivity contribution in [2.75, 3.05) is 12.4 Å². The van der Waals surface area contributed by atoms with Crippen molar-refractivity contribution in [3.63, 3.8) is 0 Å². The molecule has 1 amide bonds. The van der Waals surface area contributed by atoms with Gasteiger partial charge in [-0.15, -0.1) is 0 Å². The highest BCUT2D eigenvalue weighted by Gasteiger charge is 2.32. The van der Waals surface area contributed by atoms with Crippen LogP contribution in [0.25, 0.3) is 6.08 Å². The molecule has 0 bridgehead atoms. The number of allylic oxidation sites excluding steroid dienone is 1. The van der Waals surface area contributed by atoms with Gasteiger partial charge in [0.05, 0.1) is 29.0 Å². The number of carbonyl (C=O) groups is 1. The topological polar surface area (TPSA) is 72.7 Å². The Balaban J connectivity index is 1.70. The van der Waals surface area contributed by atoms with E-state index < -0.39 is 6.04 Å². The summed E-state index contributed by atoms with van der Waals surface area (Å²) < 4.78 is 7.62. The van der Waals surface area contributed by atoms with Crippen LogP contribution in [-0.4, -0.2) is 17.6 Å². The summed E-state index contributed by atoms with van der Waals surface area (Å²) in [6, 6.07) is 18.0. The van der Waals surface area contributed by atoms with Crippen LogP contribution < -0.4 is 24.9 Å². The summed E-state index contributed by atoms with van der Waals surface area (Å²) in [7, 11) is 1.59. The second-order valence-electron chi connectivity index (χ2n) is 7.74. The SMILES string of the molecule is COc1cccc([C@H]2C(C(=O)Nc3ccccc3)=C(C)N=c3sc(=Cc4ccsc4)c(=O)n32)c1. The molecule has 170 valence electrons. The minimum absolute atomic E-state index is 0.180. The van der Waals surface area contributed by atoms with Gasteiger partial charge in [-0.2, -0.15) is 11.3 Å². The lowest BCUT2D eigenvalue weighted by molar-refractivity contribution is -0.113. The number of fused-ring (bicyclic) bond motifs is 1. The third kappa shape index (κ3) is 4.13. The van der Waals surface area contributed by atoms with Gasteiger partial charge in [0.1, 0.15) is 5.75 Å². The Bertz CT molecular complexity index is 1570. The average Bonchev–Trinajstić information content (AvgIpc) is 3.47. The van der Waals surface area contributed by atoms with Crippen LogP contribution >= 0.6 is 22.7 Å². The van der Waals surface area contributed by atoms with Gasteiger partial charge in [-0.05, 0) is 65.2 Å². The zero-order valence-corrected chi connectivity index (χ0v) is 20.2. The van der Waals surface area contributed by atoms with Crippen molar-refractivity contribution in [1.29, 1.82) is 0 Å². The highest BCUT2D eigenvalue weighted by Crippen LogP contribution is 2.32. The molecule has 34 heavy (non-hydrogen) atoms. The lowest BCUT2D eigenvalue weighted by atomic mass is 9.95. The molecule has 0 radical (unpaired) electrons. The summed E-state index contributed by atoms with van der Waals surface area (Å²) in [5.74, 6) is 0.350. The number of ether oxygens (including phenoxy) is 1. The van der Waals surface area contributed by atoms with E-state index in [2.05, 4.69) is 10.3 Å². The van der Waals surface area contributed by atoms with Gasteiger partial charge in [0.2, 0.25) is 0 Å². The van der Waals surface area contributed by atoms with Crippen molar-refractivity contribution < 1.29 is 9.53 Å². The number of thiophene rings is 1. The predicted octanol–water partition coefficient (Wildman–Crippen LogP) is 3.94. The standard InChI is InChI=1S/C26H21N3O3S2/c1-16-22(24(30)28-19-8-4-3-5-9-19)23(18-7-6-10-20(14-18)32-2)29-25(31)21(34-26(29)27-16)13-17-11-12-33-15-17/h3-15,23H,1-2H3,(H,28,30)/t23-/m0/s1. The highest BCUT2D eigenvalue weighted by molar-refractivity contribution is 7.08. The summed E-state index contributed by atoms with van der Waals surface area (Å²) in [5, 5.41) is 6.92. The van der Waals surface area contributed by atoms with Crippen molar-refractivity contribution in [3.8, 4) is 5.75 Å². The number of amides is 1. The normalized spacial score (nSPS) is 15.6. The quantitative estimate of drug-likeness (QED) is 0.463. The predicted molar refractivity (Wildman–Crippen MR) is 136 cm³/mol. The van der Waals surface area contributed by atoms with E-state index in [0.717, 1.165) is 11.1 Å². The van der Waals surface area contributed by atoms with Gasteiger partial charge in [-0.1, -0.05) is 41.7 Å². The molecule has 6 nitrogen and oxygen atoms in total. The number of aromatic nitrogens is 1. The maximum Gasteiger partial charge on any atom is 0.271 e. The van der Waals surface area contributed by atoms with Gasteiger partial charge in [0.15, 0.2) is 4.80 Å². The molecule has 5 rings (SSSR count). The molecule has 2 aromatic heterocycles. The van der Waals surface area contributed by atoms with Crippen LogP contribution in [-0.2, 0) is 4.79 Å². The third-order valence-electron chi connectivity index (χ3n) is 5.55. The van der Waals surface area contributed by atoms with Crippen molar-refractivity contribution in [2.45, 2.75) is 13.0 Å². The lowest BCUT2D eigenvalue weighted by Gasteiger charge is -2.25. The number of hydrogen-bond donors (Lipinski definition) is 1. The molecular formula is C26H21N3O3S2. The molecule has 0 fully saturated rings. The zero-order chi connectivity index (χ0) is 23.7. The molecule has 0 aliphatic carbocycles. The molecule has 1 aliphatic heterocycles. The highest BCUT2D eigenvalue weighted by atomic mass is 32.1. The first-order valence-electron chi connectivity index (χ1n) is 10.6. The number of benzene rings is 2. The van der Waals surface area contributed by atoms with Crippen LogP contribution in [0.3, 0.4) is 0 Å². The van der Waals surface area contributed by atoms with Crippen LogP contribution in [0, 0.1) is 0 Å². The molecule has 1 N–H and O–H groups in total. The van der Waals surface area contributed by atoms with Crippen molar-refractivity contribution in [3.05, 3.63) is 114 Å². The number of rotatable bonds is 5. The number of nitrogens with zero attached hydrogens (tertiary/aromatic N) is 2. The second kappa shape index (κ2) is 9.24. The Morgan fingerprint density at radius 3 is 2.71 bits per heavy atom. The largest absolute Gasteiger partial charge is 0.497 e. The number of nitrogens with one attached hydrogen (secondary N) is 1. The summed E-state index contributed by atoms with van der Waals surface area (Å²) in [6.45, 7) is 1.81. The van der Waals surface area contributed by atoms with Crippen molar-refractivity contribution in [2.24, 2.45) is 4.99 Å². The Morgan fingerprint density at radius 2 is 1.97 bits per heavy atom. The van der Waals surface area contributed by atoms with Gasteiger partial charge in [0.25, 0.3) is 11.5 Å². The monoisotopic (exact) mass is 487 g/mol. The first kappa shape index (κ1) is 22.1. The van der Waals surface area contributed by atoms with Crippen LogP contribution in [0.2, 0.25) is 0 Å². The van der Waals surface area contributed by atoms with E-state index in [-0.39, 0.29) is 11.5 Å².